The van der Waals surface area contributed by atoms with Gasteiger partial charge in [-0.15, -0.1) is 0 Å². The SMILES string of the molecule is CCCCN(CCCC)S(=O)(=O)c1ccc(C(=O)N(CC2CCCO2)c2nc3c(OC)ccc(C)c3s2)cc1. The number of carbonyl (C=O) groups excluding carboxylic acids is 1. The number of ether oxygens (including phenoxy) is 2. The summed E-state index contributed by atoms with van der Waals surface area (Å²) in [5.41, 5.74) is 2.19. The third kappa shape index (κ3) is 6.62. The first-order valence-corrected chi connectivity index (χ1v) is 16.0. The lowest BCUT2D eigenvalue weighted by molar-refractivity contribution is 0.0917. The molecule has 4 rings (SSSR count). The minimum Gasteiger partial charge on any atom is -0.494 e. The number of aromatic nitrogens is 1. The highest BCUT2D eigenvalue weighted by atomic mass is 32.2. The van der Waals surface area contributed by atoms with E-state index >= 15 is 0 Å². The Morgan fingerprint density at radius 3 is 2.38 bits per heavy atom. The Bertz CT molecular complexity index is 1360. The van der Waals surface area contributed by atoms with Crippen molar-refractivity contribution in [3.63, 3.8) is 0 Å². The number of rotatable bonds is 13. The normalized spacial score (nSPS) is 15.8. The molecule has 1 aromatic heterocycles. The predicted molar refractivity (Wildman–Crippen MR) is 157 cm³/mol. The second-order valence-corrected chi connectivity index (χ2v) is 12.9. The molecular weight excluding hydrogens is 534 g/mol. The van der Waals surface area contributed by atoms with Gasteiger partial charge in [-0.05, 0) is 68.5 Å². The van der Waals surface area contributed by atoms with Crippen LogP contribution in [0.15, 0.2) is 41.3 Å². The standard InChI is InChI=1S/C29H39N3O5S2/c1-5-7-17-31(18-8-6-2)39(34,35)24-14-12-22(13-15-24)28(33)32(20-23-10-9-19-37-23)29-30-26-25(36-4)16-11-21(3)27(26)38-29/h11-16,23H,5-10,17-20H2,1-4H3. The number of nitrogens with zero attached hydrogens (tertiary/aromatic N) is 3. The summed E-state index contributed by atoms with van der Waals surface area (Å²) in [6.45, 7) is 8.16. The summed E-state index contributed by atoms with van der Waals surface area (Å²) in [5.74, 6) is 0.423. The molecule has 3 aromatic rings. The zero-order chi connectivity index (χ0) is 28.0. The van der Waals surface area contributed by atoms with Crippen molar-refractivity contribution in [1.29, 1.82) is 0 Å². The van der Waals surface area contributed by atoms with Crippen molar-refractivity contribution in [3.8, 4) is 5.75 Å². The number of sulfonamides is 1. The molecule has 1 aliphatic heterocycles. The molecule has 1 amide bonds. The van der Waals surface area contributed by atoms with Gasteiger partial charge in [-0.25, -0.2) is 13.4 Å². The Kier molecular flexibility index (Phi) is 9.98. The molecule has 8 nitrogen and oxygen atoms in total. The fourth-order valence-electron chi connectivity index (χ4n) is 4.71. The molecule has 39 heavy (non-hydrogen) atoms. The maximum Gasteiger partial charge on any atom is 0.260 e. The molecule has 1 fully saturated rings. The van der Waals surface area contributed by atoms with Crippen LogP contribution in [0.2, 0.25) is 0 Å². The van der Waals surface area contributed by atoms with Gasteiger partial charge in [0.1, 0.15) is 11.3 Å². The van der Waals surface area contributed by atoms with Crippen LogP contribution >= 0.6 is 11.3 Å². The molecule has 0 spiro atoms. The maximum absolute atomic E-state index is 13.9. The number of anilines is 1. The number of aryl methyl sites for hydroxylation is 1. The number of thiazole rings is 1. The third-order valence-electron chi connectivity index (χ3n) is 7.06. The molecule has 1 aliphatic rings. The second kappa shape index (κ2) is 13.2. The van der Waals surface area contributed by atoms with E-state index in [1.165, 1.54) is 11.3 Å². The summed E-state index contributed by atoms with van der Waals surface area (Å²) in [4.78, 5) is 20.6. The summed E-state index contributed by atoms with van der Waals surface area (Å²) in [6, 6.07) is 10.2. The Labute approximate surface area is 236 Å². The van der Waals surface area contributed by atoms with Crippen LogP contribution in [-0.2, 0) is 14.8 Å². The topological polar surface area (TPSA) is 89.0 Å². The Hall–Kier alpha value is -2.53. The lowest BCUT2D eigenvalue weighted by atomic mass is 10.2. The number of amides is 1. The molecule has 0 aliphatic carbocycles. The Balaban J connectivity index is 1.65. The molecule has 2 heterocycles. The van der Waals surface area contributed by atoms with Crippen LogP contribution in [0.3, 0.4) is 0 Å². The van der Waals surface area contributed by atoms with Gasteiger partial charge in [-0.1, -0.05) is 44.1 Å². The summed E-state index contributed by atoms with van der Waals surface area (Å²) >= 11 is 1.45. The number of methoxy groups -OCH3 is 1. The van der Waals surface area contributed by atoms with Crippen LogP contribution in [0.1, 0.15) is 68.3 Å². The van der Waals surface area contributed by atoms with Crippen molar-refractivity contribution in [2.45, 2.75) is 70.3 Å². The molecule has 10 heteroatoms. The molecule has 1 atom stereocenters. The number of hydrogen-bond donors (Lipinski definition) is 0. The van der Waals surface area contributed by atoms with Crippen LogP contribution in [0, 0.1) is 6.92 Å². The van der Waals surface area contributed by atoms with Crippen molar-refractivity contribution in [2.75, 3.05) is 38.3 Å². The van der Waals surface area contributed by atoms with Crippen molar-refractivity contribution in [1.82, 2.24) is 9.29 Å². The zero-order valence-corrected chi connectivity index (χ0v) is 24.9. The van der Waals surface area contributed by atoms with Gasteiger partial charge in [-0.2, -0.15) is 4.31 Å². The number of carbonyl (C=O) groups is 1. The molecule has 0 N–H and O–H groups in total. The van der Waals surface area contributed by atoms with Crippen LogP contribution < -0.4 is 9.64 Å². The molecule has 212 valence electrons. The van der Waals surface area contributed by atoms with Gasteiger partial charge in [0.25, 0.3) is 5.91 Å². The summed E-state index contributed by atoms with van der Waals surface area (Å²) in [6.07, 6.45) is 5.22. The van der Waals surface area contributed by atoms with E-state index in [2.05, 4.69) is 13.8 Å². The first-order chi connectivity index (χ1) is 18.8. The average molecular weight is 574 g/mol. The highest BCUT2D eigenvalue weighted by Gasteiger charge is 2.29. The van der Waals surface area contributed by atoms with Gasteiger partial charge in [0, 0.05) is 25.3 Å². The largest absolute Gasteiger partial charge is 0.494 e. The summed E-state index contributed by atoms with van der Waals surface area (Å²) < 4.78 is 40.7. The Morgan fingerprint density at radius 1 is 1.10 bits per heavy atom. The van der Waals surface area contributed by atoms with E-state index in [9.17, 15) is 13.2 Å². The van der Waals surface area contributed by atoms with Gasteiger partial charge in [0.15, 0.2) is 5.13 Å². The lowest BCUT2D eigenvalue weighted by Crippen LogP contribution is -2.37. The fraction of sp³-hybridized carbons (Fsp3) is 0.517. The quantitative estimate of drug-likeness (QED) is 0.248. The van der Waals surface area contributed by atoms with E-state index in [0.717, 1.165) is 54.3 Å². The molecule has 2 aromatic carbocycles. The summed E-state index contributed by atoms with van der Waals surface area (Å²) in [5, 5.41) is 0.570. The van der Waals surface area contributed by atoms with E-state index in [-0.39, 0.29) is 16.9 Å². The molecule has 1 saturated heterocycles. The van der Waals surface area contributed by atoms with E-state index in [4.69, 9.17) is 14.5 Å². The number of hydrogen-bond acceptors (Lipinski definition) is 7. The highest BCUT2D eigenvalue weighted by molar-refractivity contribution is 7.89. The average Bonchev–Trinajstić information content (AvgIpc) is 3.62. The van der Waals surface area contributed by atoms with Crippen LogP contribution in [-0.4, -0.2) is 63.1 Å². The fourth-order valence-corrected chi connectivity index (χ4v) is 7.29. The second-order valence-electron chi connectivity index (χ2n) is 9.95. The molecule has 0 saturated carbocycles. The monoisotopic (exact) mass is 573 g/mol. The predicted octanol–water partition coefficient (Wildman–Crippen LogP) is 6.03. The van der Waals surface area contributed by atoms with E-state index in [0.29, 0.717) is 42.7 Å². The van der Waals surface area contributed by atoms with Gasteiger partial charge >= 0.3 is 0 Å². The van der Waals surface area contributed by atoms with Crippen molar-refractivity contribution in [3.05, 3.63) is 47.5 Å². The van der Waals surface area contributed by atoms with Gasteiger partial charge in [-0.3, -0.25) is 9.69 Å². The Morgan fingerprint density at radius 2 is 1.79 bits per heavy atom. The highest BCUT2D eigenvalue weighted by Crippen LogP contribution is 2.37. The smallest absolute Gasteiger partial charge is 0.260 e. The molecule has 0 bridgehead atoms. The van der Waals surface area contributed by atoms with Gasteiger partial charge < -0.3 is 9.47 Å². The molecule has 0 radical (unpaired) electrons. The van der Waals surface area contributed by atoms with Crippen LogP contribution in [0.5, 0.6) is 5.75 Å². The lowest BCUT2D eigenvalue weighted by Gasteiger charge is -2.24. The first kappa shape index (κ1) is 29.5. The number of fused-ring (bicyclic) bond motifs is 1. The first-order valence-electron chi connectivity index (χ1n) is 13.8. The van der Waals surface area contributed by atoms with E-state index in [1.54, 1.807) is 40.6 Å². The number of unbranched alkanes of at least 4 members (excludes halogenated alkanes) is 2. The minimum atomic E-state index is -3.64. The maximum atomic E-state index is 13.9. The third-order valence-corrected chi connectivity index (χ3v) is 10.2. The van der Waals surface area contributed by atoms with E-state index in [1.807, 2.05) is 19.1 Å². The van der Waals surface area contributed by atoms with Crippen LogP contribution in [0.4, 0.5) is 5.13 Å². The van der Waals surface area contributed by atoms with E-state index < -0.39 is 10.0 Å². The minimum absolute atomic E-state index is 0.0747. The summed E-state index contributed by atoms with van der Waals surface area (Å²) in [7, 11) is -2.03. The van der Waals surface area contributed by atoms with Crippen molar-refractivity contribution in [2.24, 2.45) is 0 Å². The van der Waals surface area contributed by atoms with Crippen LogP contribution in [0.25, 0.3) is 10.2 Å². The molecule has 1 unspecified atom stereocenters. The van der Waals surface area contributed by atoms with Crippen molar-refractivity contribution >= 4 is 42.6 Å². The van der Waals surface area contributed by atoms with Gasteiger partial charge in [0.05, 0.1) is 29.4 Å². The van der Waals surface area contributed by atoms with Gasteiger partial charge in [0.2, 0.25) is 10.0 Å². The molecular formula is C29H39N3O5S2. The number of benzene rings is 2. The zero-order valence-electron chi connectivity index (χ0n) is 23.3. The van der Waals surface area contributed by atoms with Crippen molar-refractivity contribution < 1.29 is 22.7 Å².